The molecule has 334 valence electrons. The fraction of sp³-hybridized carbons (Fsp3) is 0.125. The first kappa shape index (κ1) is 39.2. The summed E-state index contributed by atoms with van der Waals surface area (Å²) >= 11 is 3.78. The second kappa shape index (κ2) is 14.0. The van der Waals surface area contributed by atoms with E-state index >= 15 is 0 Å². The molecule has 2 aliphatic rings. The van der Waals surface area contributed by atoms with Crippen molar-refractivity contribution in [2.45, 2.75) is 53.9 Å². The van der Waals surface area contributed by atoms with Gasteiger partial charge in [-0.2, -0.15) is 0 Å². The second-order valence-corrected chi connectivity index (χ2v) is 21.5. The van der Waals surface area contributed by atoms with E-state index in [4.69, 9.17) is 0 Å². The molecule has 4 aromatic heterocycles. The van der Waals surface area contributed by atoms with Crippen molar-refractivity contribution in [3.63, 3.8) is 0 Å². The van der Waals surface area contributed by atoms with Crippen LogP contribution in [0.4, 0.5) is 0 Å². The second-order valence-electron chi connectivity index (χ2n) is 19.4. The van der Waals surface area contributed by atoms with Crippen molar-refractivity contribution in [3.8, 4) is 33.4 Å². The summed E-state index contributed by atoms with van der Waals surface area (Å²) in [7, 11) is 0. The molecule has 0 fully saturated rings. The fourth-order valence-corrected chi connectivity index (χ4v) is 15.6. The van der Waals surface area contributed by atoms with E-state index in [1.165, 1.54) is 161 Å². The lowest BCUT2D eigenvalue weighted by Gasteiger charge is -2.31. The number of pyridine rings is 2. The average molecular weight is 935 g/mol. The number of thiophene rings is 2. The molecule has 16 rings (SSSR count). The van der Waals surface area contributed by atoms with Gasteiger partial charge in [0.05, 0.1) is 33.1 Å². The van der Waals surface area contributed by atoms with Crippen LogP contribution >= 0.6 is 22.7 Å². The van der Waals surface area contributed by atoms with Gasteiger partial charge >= 0.3 is 0 Å². The number of para-hydroxylation sites is 2. The van der Waals surface area contributed by atoms with Gasteiger partial charge in [-0.1, -0.05) is 84.9 Å². The summed E-state index contributed by atoms with van der Waals surface area (Å²) in [6, 6.07) is 60.7. The molecule has 14 aromatic rings. The van der Waals surface area contributed by atoms with Crippen molar-refractivity contribution in [2.24, 2.45) is 0 Å². The Hall–Kier alpha value is -7.64. The van der Waals surface area contributed by atoms with Gasteiger partial charge in [0.1, 0.15) is 0 Å². The minimum Gasteiger partial charge on any atom is -0.339 e. The topological polar surface area (TPSA) is 19.7 Å². The molecule has 6 heterocycles. The van der Waals surface area contributed by atoms with Crippen molar-refractivity contribution in [1.82, 2.24) is 18.3 Å². The summed E-state index contributed by atoms with van der Waals surface area (Å²) in [4.78, 5) is 0. The quantitative estimate of drug-likeness (QED) is 0.117. The van der Waals surface area contributed by atoms with Crippen LogP contribution in [0.3, 0.4) is 0 Å². The Morgan fingerprint density at radius 3 is 1.07 bits per heavy atom. The lowest BCUT2D eigenvalue weighted by molar-refractivity contribution is 0.798. The third-order valence-corrected chi connectivity index (χ3v) is 18.5. The van der Waals surface area contributed by atoms with Crippen LogP contribution in [-0.2, 0) is 26.2 Å². The van der Waals surface area contributed by atoms with E-state index < -0.39 is 0 Å². The van der Waals surface area contributed by atoms with Crippen LogP contribution in [0, 0.1) is 0 Å². The standard InChI is InChI=1S/C64H46N4S2/c1-5-65-47-21-13-9-19-41(47)55-45-31-37(35-25-27-53-43(29-35)39-17-11-15-23-51(39)69-53)34-50-57(45)59-60-58-46(56-42-20-10-14-22-48(42)66(6-2)62(56)64(60)68(50)8-4)32-38(33-49(58)67(7-3)63(59)61(55)65)36-26-28-54-44(30-36)40-18-12-16-24-52(40)70-54/h9-34H,5-8H2,1-4H3. The summed E-state index contributed by atoms with van der Waals surface area (Å²) < 4.78 is 16.0. The lowest BCUT2D eigenvalue weighted by Crippen LogP contribution is -2.13. The molecule has 0 bridgehead atoms. The van der Waals surface area contributed by atoms with E-state index in [-0.39, 0.29) is 0 Å². The zero-order chi connectivity index (χ0) is 46.3. The highest BCUT2D eigenvalue weighted by atomic mass is 32.1. The SMILES string of the molecule is CCn1c2cc(-c3ccc4sc5ccccc5c4c3)cc3c2c2c(c4c3c3ccccc3n4CC)n(CC)c3cc(-c4ccc5sc6ccccc6c5c4)cc4c3c-2c1c1c4c2ccccc2n1CC. The number of aromatic nitrogens is 4. The van der Waals surface area contributed by atoms with Gasteiger partial charge in [-0.05, 0) is 134 Å². The highest BCUT2D eigenvalue weighted by Crippen LogP contribution is 2.57. The largest absolute Gasteiger partial charge is 0.339 e. The van der Waals surface area contributed by atoms with Crippen molar-refractivity contribution < 1.29 is 0 Å². The van der Waals surface area contributed by atoms with E-state index in [2.05, 4.69) is 204 Å². The van der Waals surface area contributed by atoms with Gasteiger partial charge in [0.2, 0.25) is 0 Å². The number of nitrogens with zero attached hydrogens (tertiary/aromatic N) is 4. The number of hydrogen-bond donors (Lipinski definition) is 0. The third-order valence-electron chi connectivity index (χ3n) is 16.2. The molecule has 0 unspecified atom stereocenters. The molecule has 2 aliphatic heterocycles. The Kier molecular flexibility index (Phi) is 7.85. The molecule has 70 heavy (non-hydrogen) atoms. The van der Waals surface area contributed by atoms with Gasteiger partial charge in [-0.25, -0.2) is 0 Å². The molecule has 0 atom stereocenters. The Morgan fingerprint density at radius 2 is 0.643 bits per heavy atom. The first-order valence-corrected chi connectivity index (χ1v) is 26.7. The van der Waals surface area contributed by atoms with E-state index in [1.807, 2.05) is 22.7 Å². The number of benzene rings is 10. The molecule has 0 saturated heterocycles. The number of aryl methyl sites for hydroxylation is 4. The first-order chi connectivity index (χ1) is 34.6. The zero-order valence-corrected chi connectivity index (χ0v) is 41.1. The molecular weight excluding hydrogens is 889 g/mol. The van der Waals surface area contributed by atoms with Crippen LogP contribution in [-0.4, -0.2) is 18.3 Å². The molecule has 6 heteroatoms. The van der Waals surface area contributed by atoms with Gasteiger partial charge < -0.3 is 18.3 Å². The van der Waals surface area contributed by atoms with E-state index in [9.17, 15) is 0 Å². The molecule has 0 saturated carbocycles. The monoisotopic (exact) mass is 934 g/mol. The summed E-state index contributed by atoms with van der Waals surface area (Å²) in [6.45, 7) is 12.8. The predicted octanol–water partition coefficient (Wildman–Crippen LogP) is 18.8. The maximum absolute atomic E-state index is 2.71. The first-order valence-electron chi connectivity index (χ1n) is 25.0. The molecule has 0 aliphatic carbocycles. The van der Waals surface area contributed by atoms with Crippen molar-refractivity contribution in [1.29, 1.82) is 0 Å². The van der Waals surface area contributed by atoms with Crippen molar-refractivity contribution >= 4 is 150 Å². The van der Waals surface area contributed by atoms with E-state index in [0.29, 0.717) is 0 Å². The van der Waals surface area contributed by atoms with Crippen molar-refractivity contribution in [2.75, 3.05) is 0 Å². The van der Waals surface area contributed by atoms with E-state index in [0.717, 1.165) is 26.2 Å². The molecule has 0 N–H and O–H groups in total. The van der Waals surface area contributed by atoms with Crippen LogP contribution in [0.25, 0.3) is 161 Å². The van der Waals surface area contributed by atoms with Gasteiger partial charge in [-0.3, -0.25) is 0 Å². The Bertz CT molecular complexity index is 4570. The number of fused-ring (bicyclic) bond motifs is 16. The Labute approximate surface area is 411 Å². The summed E-state index contributed by atoms with van der Waals surface area (Å²) in [5.74, 6) is 0. The molecule has 10 aromatic carbocycles. The van der Waals surface area contributed by atoms with Crippen molar-refractivity contribution in [3.05, 3.63) is 158 Å². The highest BCUT2D eigenvalue weighted by Gasteiger charge is 2.34. The normalized spacial score (nSPS) is 12.8. The Balaban J connectivity index is 1.17. The molecule has 0 radical (unpaired) electrons. The average Bonchev–Trinajstić information content (AvgIpc) is 4.17. The summed E-state index contributed by atoms with van der Waals surface area (Å²) in [5, 5.41) is 16.1. The van der Waals surface area contributed by atoms with Crippen LogP contribution in [0.1, 0.15) is 27.7 Å². The minimum absolute atomic E-state index is 0.828. The Morgan fingerprint density at radius 1 is 0.286 bits per heavy atom. The predicted molar refractivity (Wildman–Crippen MR) is 306 cm³/mol. The zero-order valence-electron chi connectivity index (χ0n) is 39.4. The molecular formula is C64H46N4S2. The van der Waals surface area contributed by atoms with Crippen LogP contribution in [0.5, 0.6) is 0 Å². The maximum atomic E-state index is 2.71. The molecule has 4 nitrogen and oxygen atoms in total. The van der Waals surface area contributed by atoms with E-state index in [1.54, 1.807) is 0 Å². The molecule has 0 amide bonds. The van der Waals surface area contributed by atoms with Crippen LogP contribution in [0.2, 0.25) is 0 Å². The number of rotatable bonds is 6. The summed E-state index contributed by atoms with van der Waals surface area (Å²) in [5.41, 5.74) is 18.3. The van der Waals surface area contributed by atoms with Crippen LogP contribution in [0.15, 0.2) is 158 Å². The van der Waals surface area contributed by atoms with Gasteiger partial charge in [0, 0.05) is 121 Å². The maximum Gasteiger partial charge on any atom is 0.0746 e. The molecule has 0 spiro atoms. The number of hydrogen-bond acceptors (Lipinski definition) is 2. The fourth-order valence-electron chi connectivity index (χ4n) is 13.4. The minimum atomic E-state index is 0.828. The van der Waals surface area contributed by atoms with Crippen LogP contribution < -0.4 is 0 Å². The van der Waals surface area contributed by atoms with Gasteiger partial charge in [-0.15, -0.1) is 22.7 Å². The van der Waals surface area contributed by atoms with Gasteiger partial charge in [0.25, 0.3) is 0 Å². The summed E-state index contributed by atoms with van der Waals surface area (Å²) in [6.07, 6.45) is 0. The lowest BCUT2D eigenvalue weighted by atomic mass is 9.82. The smallest absolute Gasteiger partial charge is 0.0746 e. The highest BCUT2D eigenvalue weighted by molar-refractivity contribution is 7.26. The van der Waals surface area contributed by atoms with Gasteiger partial charge in [0.15, 0.2) is 0 Å². The third kappa shape index (κ3) is 4.81.